The van der Waals surface area contributed by atoms with E-state index in [2.05, 4.69) is 0 Å². The van der Waals surface area contributed by atoms with Crippen LogP contribution in [0.3, 0.4) is 0 Å². The van der Waals surface area contributed by atoms with Crippen LogP contribution < -0.4 is 14.3 Å². The van der Waals surface area contributed by atoms with Crippen LogP contribution in [0.2, 0.25) is 0 Å². The molecule has 4 aromatic carbocycles. The van der Waals surface area contributed by atoms with E-state index < -0.39 is 13.2 Å². The number of carbonyl (C=O) groups is 2. The molecule has 1 aliphatic carbocycles. The van der Waals surface area contributed by atoms with Crippen LogP contribution in [0.4, 0.5) is 11.4 Å². The number of nitrogens with zero attached hydrogens (tertiary/aromatic N) is 2. The zero-order valence-electron chi connectivity index (χ0n) is 23.2. The van der Waals surface area contributed by atoms with Crippen molar-refractivity contribution in [1.29, 1.82) is 0 Å². The van der Waals surface area contributed by atoms with Crippen molar-refractivity contribution < 1.29 is 33.6 Å². The highest BCUT2D eigenvalue weighted by Gasteiger charge is 2.53. The molecular weight excluding hydrogens is 591 g/mol. The Morgan fingerprint density at radius 2 is 1.63 bits per heavy atom. The molecule has 9 nitrogen and oxygen atoms in total. The summed E-state index contributed by atoms with van der Waals surface area (Å²) in [6.45, 7) is 0.859. The van der Waals surface area contributed by atoms with Crippen molar-refractivity contribution >= 4 is 64.2 Å². The number of amides is 2. The van der Waals surface area contributed by atoms with Gasteiger partial charge in [0.05, 0.1) is 16.8 Å². The molecule has 7 rings (SSSR count). The summed E-state index contributed by atoms with van der Waals surface area (Å²) in [5.74, 6) is 0.0268. The molecule has 0 bridgehead atoms. The maximum Gasteiger partial charge on any atom is 0.524 e. The normalized spacial score (nSPS) is 18.6. The van der Waals surface area contributed by atoms with E-state index in [4.69, 9.17) is 16.1 Å². The zero-order chi connectivity index (χ0) is 30.1. The van der Waals surface area contributed by atoms with Gasteiger partial charge in [-0.2, -0.15) is 0 Å². The fourth-order valence-corrected chi connectivity index (χ4v) is 7.59. The number of anilines is 2. The standard InChI is InChI=1S/C32H30ClN2O7P/c33-17-19-18-35(26-16-28(42-43(39,40)41)23-7-3-4-8-24(23)30(19)26)29(37)9-11-32(12-13-32)31(38)34-14-10-21-20-5-1-2-6-22(20)27(36)15-25(21)34/h1-8,15-16,19,36H,9-14,17-18H2,(H2,39,40,41). The molecule has 2 amide bonds. The average molecular weight is 621 g/mol. The largest absolute Gasteiger partial charge is 0.524 e. The highest BCUT2D eigenvalue weighted by atomic mass is 35.5. The van der Waals surface area contributed by atoms with E-state index >= 15 is 0 Å². The smallest absolute Gasteiger partial charge is 0.507 e. The number of alkyl halides is 1. The Morgan fingerprint density at radius 3 is 2.30 bits per heavy atom. The molecule has 3 N–H and O–H groups in total. The Bertz CT molecular complexity index is 1870. The van der Waals surface area contributed by atoms with E-state index in [9.17, 15) is 29.0 Å². The van der Waals surface area contributed by atoms with Gasteiger partial charge in [-0.05, 0) is 47.6 Å². The summed E-state index contributed by atoms with van der Waals surface area (Å²) in [6.07, 6.45) is 2.60. The van der Waals surface area contributed by atoms with E-state index in [0.29, 0.717) is 49.8 Å². The topological polar surface area (TPSA) is 128 Å². The van der Waals surface area contributed by atoms with Crippen molar-refractivity contribution in [2.75, 3.05) is 28.8 Å². The predicted octanol–water partition coefficient (Wildman–Crippen LogP) is 5.99. The van der Waals surface area contributed by atoms with Gasteiger partial charge >= 0.3 is 7.82 Å². The summed E-state index contributed by atoms with van der Waals surface area (Å²) >= 11 is 6.35. The van der Waals surface area contributed by atoms with Gasteiger partial charge in [0.2, 0.25) is 11.8 Å². The first-order chi connectivity index (χ1) is 20.6. The van der Waals surface area contributed by atoms with Crippen LogP contribution in [0.15, 0.2) is 60.7 Å². The highest BCUT2D eigenvalue weighted by molar-refractivity contribution is 7.46. The molecule has 1 fully saturated rings. The fourth-order valence-electron chi connectivity index (χ4n) is 6.93. The molecule has 43 heavy (non-hydrogen) atoms. The molecule has 0 radical (unpaired) electrons. The summed E-state index contributed by atoms with van der Waals surface area (Å²) < 4.78 is 16.8. The van der Waals surface area contributed by atoms with Gasteiger partial charge in [0.15, 0.2) is 0 Å². The van der Waals surface area contributed by atoms with Crippen molar-refractivity contribution in [2.24, 2.45) is 5.41 Å². The summed E-state index contributed by atoms with van der Waals surface area (Å²) in [6, 6.07) is 18.0. The number of hydrogen-bond donors (Lipinski definition) is 3. The SMILES string of the molecule is O=C(CCC1(C(=O)N2CCc3c2cc(O)c2ccccc32)CC1)N1CC(CCl)c2c1cc(OP(=O)(O)O)c1ccccc21. The second-order valence-electron chi connectivity index (χ2n) is 11.7. The fraction of sp³-hybridized carbons (Fsp3) is 0.312. The molecule has 3 aliphatic rings. The monoisotopic (exact) mass is 620 g/mol. The van der Waals surface area contributed by atoms with Gasteiger partial charge < -0.3 is 19.4 Å². The quantitative estimate of drug-likeness (QED) is 0.171. The maximum absolute atomic E-state index is 13.9. The number of fused-ring (bicyclic) bond motifs is 6. The lowest BCUT2D eigenvalue weighted by Gasteiger charge is -2.25. The third-order valence-electron chi connectivity index (χ3n) is 9.19. The highest BCUT2D eigenvalue weighted by Crippen LogP contribution is 2.54. The number of halogens is 1. The van der Waals surface area contributed by atoms with E-state index in [1.165, 1.54) is 6.07 Å². The molecule has 0 saturated heterocycles. The number of phosphoric ester groups is 1. The van der Waals surface area contributed by atoms with Gasteiger partial charge in [0, 0.05) is 54.2 Å². The van der Waals surface area contributed by atoms with Crippen LogP contribution in [-0.2, 0) is 20.6 Å². The molecule has 2 heterocycles. The number of phenolic OH excluding ortho intramolecular Hbond substituents is 1. The first kappa shape index (κ1) is 28.2. The summed E-state index contributed by atoms with van der Waals surface area (Å²) in [4.78, 5) is 50.1. The second kappa shape index (κ2) is 10.2. The average Bonchev–Trinajstić information content (AvgIpc) is 3.52. The number of phosphoric acid groups is 1. The molecular formula is C32H30ClN2O7P. The number of rotatable bonds is 7. The molecule has 2 aliphatic heterocycles. The lowest BCUT2D eigenvalue weighted by molar-refractivity contribution is -0.124. The molecule has 222 valence electrons. The third-order valence-corrected chi connectivity index (χ3v) is 10.00. The Labute approximate surface area is 252 Å². The number of phenols is 1. The molecule has 11 heteroatoms. The summed E-state index contributed by atoms with van der Waals surface area (Å²) in [5, 5.41) is 13.6. The first-order valence-electron chi connectivity index (χ1n) is 14.3. The number of hydrogen-bond acceptors (Lipinski definition) is 5. The second-order valence-corrected chi connectivity index (χ2v) is 13.2. The Morgan fingerprint density at radius 1 is 0.953 bits per heavy atom. The maximum atomic E-state index is 13.9. The van der Waals surface area contributed by atoms with Gasteiger partial charge in [0.25, 0.3) is 0 Å². The van der Waals surface area contributed by atoms with E-state index in [-0.39, 0.29) is 41.5 Å². The van der Waals surface area contributed by atoms with Gasteiger partial charge in [-0.1, -0.05) is 48.5 Å². The van der Waals surface area contributed by atoms with Crippen LogP contribution in [0.25, 0.3) is 21.5 Å². The molecule has 0 spiro atoms. The number of benzene rings is 4. The molecule has 4 aromatic rings. The minimum atomic E-state index is -4.86. The van der Waals surface area contributed by atoms with Gasteiger partial charge in [-0.25, -0.2) is 4.57 Å². The lowest BCUT2D eigenvalue weighted by atomic mass is 9.95. The molecule has 1 atom stereocenters. The molecule has 0 aromatic heterocycles. The minimum Gasteiger partial charge on any atom is -0.507 e. The van der Waals surface area contributed by atoms with E-state index in [1.54, 1.807) is 28.0 Å². The first-order valence-corrected chi connectivity index (χ1v) is 16.4. The lowest BCUT2D eigenvalue weighted by Crippen LogP contribution is -2.37. The summed E-state index contributed by atoms with van der Waals surface area (Å²) in [5.41, 5.74) is 2.52. The Hall–Kier alpha value is -3.62. The Balaban J connectivity index is 1.14. The zero-order valence-corrected chi connectivity index (χ0v) is 24.9. The van der Waals surface area contributed by atoms with E-state index in [1.807, 2.05) is 36.4 Å². The third kappa shape index (κ3) is 4.75. The van der Waals surface area contributed by atoms with Gasteiger partial charge in [0.1, 0.15) is 11.5 Å². The van der Waals surface area contributed by atoms with Crippen LogP contribution >= 0.6 is 19.4 Å². The molecule has 1 unspecified atom stereocenters. The summed E-state index contributed by atoms with van der Waals surface area (Å²) in [7, 11) is -4.86. The van der Waals surface area contributed by atoms with Crippen molar-refractivity contribution in [3.63, 3.8) is 0 Å². The Kier molecular flexibility index (Phi) is 6.71. The van der Waals surface area contributed by atoms with Crippen LogP contribution in [0.5, 0.6) is 11.5 Å². The predicted molar refractivity (Wildman–Crippen MR) is 165 cm³/mol. The van der Waals surface area contributed by atoms with E-state index in [0.717, 1.165) is 33.0 Å². The molecule has 1 saturated carbocycles. The van der Waals surface area contributed by atoms with Crippen molar-refractivity contribution in [3.05, 3.63) is 71.8 Å². The van der Waals surface area contributed by atoms with Crippen molar-refractivity contribution in [1.82, 2.24) is 0 Å². The van der Waals surface area contributed by atoms with Crippen LogP contribution in [-0.4, -0.2) is 45.7 Å². The van der Waals surface area contributed by atoms with Crippen molar-refractivity contribution in [2.45, 2.75) is 38.0 Å². The van der Waals surface area contributed by atoms with Crippen LogP contribution in [0, 0.1) is 5.41 Å². The van der Waals surface area contributed by atoms with Crippen LogP contribution in [0.1, 0.15) is 42.7 Å². The minimum absolute atomic E-state index is 0.00646. The van der Waals surface area contributed by atoms with Gasteiger partial charge in [-0.15, -0.1) is 11.6 Å². The van der Waals surface area contributed by atoms with Crippen molar-refractivity contribution in [3.8, 4) is 11.5 Å². The number of carbonyl (C=O) groups excluding carboxylic acids is 2. The number of aromatic hydroxyl groups is 1. The van der Waals surface area contributed by atoms with Gasteiger partial charge in [-0.3, -0.25) is 19.4 Å².